The number of carbonyl (C=O) groups is 1. The molecule has 0 radical (unpaired) electrons. The molecule has 1 unspecified atom stereocenters. The van der Waals surface area contributed by atoms with Gasteiger partial charge >= 0.3 is 0 Å². The van der Waals surface area contributed by atoms with Crippen LogP contribution < -0.4 is 5.73 Å². The van der Waals surface area contributed by atoms with Crippen LogP contribution >= 0.6 is 0 Å². The van der Waals surface area contributed by atoms with Gasteiger partial charge in [0.1, 0.15) is 0 Å². The predicted molar refractivity (Wildman–Crippen MR) is 84.1 cm³/mol. The number of piperazine rings is 1. The molecular formula is C16H31N3O2. The Kier molecular flexibility index (Phi) is 6.02. The number of nitrogens with zero attached hydrogens (tertiary/aromatic N) is 2. The first-order valence-electron chi connectivity index (χ1n) is 8.50. The van der Waals surface area contributed by atoms with Crippen LogP contribution in [-0.4, -0.2) is 66.7 Å². The summed E-state index contributed by atoms with van der Waals surface area (Å²) < 4.78 is 5.46. The fourth-order valence-corrected chi connectivity index (χ4v) is 3.62. The van der Waals surface area contributed by atoms with Crippen molar-refractivity contribution in [2.75, 3.05) is 39.4 Å². The molecule has 1 aliphatic carbocycles. The van der Waals surface area contributed by atoms with Crippen LogP contribution in [0, 0.1) is 0 Å². The highest BCUT2D eigenvalue weighted by Gasteiger charge is 2.41. The summed E-state index contributed by atoms with van der Waals surface area (Å²) in [6.45, 7) is 9.29. The largest absolute Gasteiger partial charge is 0.380 e. The Bertz CT molecular complexity index is 342. The molecule has 122 valence electrons. The minimum atomic E-state index is -0.578. The minimum Gasteiger partial charge on any atom is -0.380 e. The highest BCUT2D eigenvalue weighted by Crippen LogP contribution is 2.30. The average Bonchev–Trinajstić information content (AvgIpc) is 2.95. The molecule has 5 nitrogen and oxygen atoms in total. The Morgan fingerprint density at radius 3 is 2.62 bits per heavy atom. The first kappa shape index (κ1) is 16.7. The van der Waals surface area contributed by atoms with E-state index in [1.165, 1.54) is 0 Å². The van der Waals surface area contributed by atoms with E-state index in [2.05, 4.69) is 11.8 Å². The molecule has 2 aliphatic rings. The summed E-state index contributed by atoms with van der Waals surface area (Å²) in [5.74, 6) is 0.183. The van der Waals surface area contributed by atoms with E-state index in [1.54, 1.807) is 0 Å². The molecule has 5 heteroatoms. The fourth-order valence-electron chi connectivity index (χ4n) is 3.62. The summed E-state index contributed by atoms with van der Waals surface area (Å²) in [6, 6.07) is 0.438. The molecule has 1 aliphatic heterocycles. The first-order valence-corrected chi connectivity index (χ1v) is 8.50. The predicted octanol–water partition coefficient (Wildman–Crippen LogP) is 1.22. The lowest BCUT2D eigenvalue weighted by molar-refractivity contribution is -0.140. The molecule has 1 saturated carbocycles. The van der Waals surface area contributed by atoms with E-state index < -0.39 is 5.54 Å². The van der Waals surface area contributed by atoms with Crippen LogP contribution in [0.4, 0.5) is 0 Å². The van der Waals surface area contributed by atoms with Crippen molar-refractivity contribution < 1.29 is 9.53 Å². The SMILES string of the molecule is CCOCCN1CCN(C(=O)C2(N)CCCC2)CC1CC. The van der Waals surface area contributed by atoms with Gasteiger partial charge < -0.3 is 15.4 Å². The molecule has 0 aromatic heterocycles. The summed E-state index contributed by atoms with van der Waals surface area (Å²) >= 11 is 0. The van der Waals surface area contributed by atoms with Crippen LogP contribution in [0.15, 0.2) is 0 Å². The summed E-state index contributed by atoms with van der Waals surface area (Å²) in [4.78, 5) is 17.2. The monoisotopic (exact) mass is 297 g/mol. The van der Waals surface area contributed by atoms with Gasteiger partial charge in [-0.2, -0.15) is 0 Å². The van der Waals surface area contributed by atoms with Gasteiger partial charge in [0, 0.05) is 38.8 Å². The quantitative estimate of drug-likeness (QED) is 0.749. The van der Waals surface area contributed by atoms with Crippen LogP contribution in [0.2, 0.25) is 0 Å². The maximum Gasteiger partial charge on any atom is 0.242 e. The van der Waals surface area contributed by atoms with Crippen LogP contribution in [-0.2, 0) is 9.53 Å². The number of carbonyl (C=O) groups excluding carboxylic acids is 1. The summed E-state index contributed by atoms with van der Waals surface area (Å²) in [5, 5.41) is 0. The van der Waals surface area contributed by atoms with E-state index >= 15 is 0 Å². The van der Waals surface area contributed by atoms with Crippen LogP contribution in [0.3, 0.4) is 0 Å². The molecule has 21 heavy (non-hydrogen) atoms. The van der Waals surface area contributed by atoms with Gasteiger partial charge in [-0.25, -0.2) is 0 Å². The number of hydrogen-bond acceptors (Lipinski definition) is 4. The van der Waals surface area contributed by atoms with Crippen molar-refractivity contribution in [2.45, 2.75) is 57.5 Å². The lowest BCUT2D eigenvalue weighted by Crippen LogP contribution is -2.61. The van der Waals surface area contributed by atoms with Crippen molar-refractivity contribution in [3.63, 3.8) is 0 Å². The summed E-state index contributed by atoms with van der Waals surface area (Å²) in [5.41, 5.74) is 5.75. The Labute approximate surface area is 128 Å². The molecule has 0 aromatic rings. The van der Waals surface area contributed by atoms with Crippen molar-refractivity contribution in [3.05, 3.63) is 0 Å². The molecule has 2 fully saturated rings. The minimum absolute atomic E-state index is 0.183. The van der Waals surface area contributed by atoms with Crippen LogP contribution in [0.5, 0.6) is 0 Å². The lowest BCUT2D eigenvalue weighted by atomic mass is 9.96. The molecule has 1 saturated heterocycles. The third-order valence-corrected chi connectivity index (χ3v) is 5.01. The molecule has 0 spiro atoms. The molecule has 0 bridgehead atoms. The van der Waals surface area contributed by atoms with Crippen molar-refractivity contribution >= 4 is 5.91 Å². The normalized spacial score (nSPS) is 26.2. The zero-order chi connectivity index (χ0) is 15.3. The third kappa shape index (κ3) is 3.96. The van der Waals surface area contributed by atoms with Crippen molar-refractivity contribution in [3.8, 4) is 0 Å². The molecule has 1 amide bonds. The van der Waals surface area contributed by atoms with Crippen LogP contribution in [0.25, 0.3) is 0 Å². The Morgan fingerprint density at radius 2 is 2.00 bits per heavy atom. The van der Waals surface area contributed by atoms with E-state index in [4.69, 9.17) is 10.5 Å². The van der Waals surface area contributed by atoms with Crippen molar-refractivity contribution in [1.29, 1.82) is 0 Å². The second kappa shape index (κ2) is 7.56. The van der Waals surface area contributed by atoms with E-state index in [0.717, 1.165) is 71.5 Å². The van der Waals surface area contributed by atoms with Gasteiger partial charge in [-0.3, -0.25) is 9.69 Å². The van der Waals surface area contributed by atoms with Gasteiger partial charge in [-0.05, 0) is 26.2 Å². The van der Waals surface area contributed by atoms with Gasteiger partial charge in [0.25, 0.3) is 0 Å². The van der Waals surface area contributed by atoms with Crippen molar-refractivity contribution in [2.24, 2.45) is 5.73 Å². The number of ether oxygens (including phenoxy) is 1. The number of hydrogen-bond donors (Lipinski definition) is 1. The van der Waals surface area contributed by atoms with E-state index in [-0.39, 0.29) is 5.91 Å². The average molecular weight is 297 g/mol. The molecule has 1 atom stereocenters. The standard InChI is InChI=1S/C16H31N3O2/c1-3-14-13-19(10-9-18(14)11-12-21-4-2)15(20)16(17)7-5-6-8-16/h14H,3-13,17H2,1-2H3. The topological polar surface area (TPSA) is 58.8 Å². The number of amides is 1. The Balaban J connectivity index is 1.89. The summed E-state index contributed by atoms with van der Waals surface area (Å²) in [7, 11) is 0. The maximum atomic E-state index is 12.7. The van der Waals surface area contributed by atoms with Gasteiger partial charge in [-0.15, -0.1) is 0 Å². The van der Waals surface area contributed by atoms with Gasteiger partial charge in [0.15, 0.2) is 0 Å². The fraction of sp³-hybridized carbons (Fsp3) is 0.938. The van der Waals surface area contributed by atoms with Crippen molar-refractivity contribution in [1.82, 2.24) is 9.80 Å². The van der Waals surface area contributed by atoms with E-state index in [1.807, 2.05) is 11.8 Å². The highest BCUT2D eigenvalue weighted by molar-refractivity contribution is 5.86. The lowest BCUT2D eigenvalue weighted by Gasteiger charge is -2.43. The molecule has 2 rings (SSSR count). The maximum absolute atomic E-state index is 12.7. The molecule has 2 N–H and O–H groups in total. The molecule has 0 aromatic carbocycles. The van der Waals surface area contributed by atoms with Gasteiger partial charge in [0.05, 0.1) is 12.1 Å². The summed E-state index contributed by atoms with van der Waals surface area (Å²) in [6.07, 6.45) is 4.95. The zero-order valence-corrected chi connectivity index (χ0v) is 13.6. The highest BCUT2D eigenvalue weighted by atomic mass is 16.5. The Hall–Kier alpha value is -0.650. The molecule has 1 heterocycles. The second-order valence-electron chi connectivity index (χ2n) is 6.41. The smallest absolute Gasteiger partial charge is 0.242 e. The Morgan fingerprint density at radius 1 is 1.29 bits per heavy atom. The number of rotatable bonds is 6. The first-order chi connectivity index (χ1) is 10.1. The number of nitrogens with two attached hydrogens (primary N) is 1. The van der Waals surface area contributed by atoms with E-state index in [9.17, 15) is 4.79 Å². The zero-order valence-electron chi connectivity index (χ0n) is 13.6. The molecular weight excluding hydrogens is 266 g/mol. The van der Waals surface area contributed by atoms with E-state index in [0.29, 0.717) is 6.04 Å². The van der Waals surface area contributed by atoms with Gasteiger partial charge in [0.2, 0.25) is 5.91 Å². The second-order valence-corrected chi connectivity index (χ2v) is 6.41. The third-order valence-electron chi connectivity index (χ3n) is 5.01. The van der Waals surface area contributed by atoms with Crippen LogP contribution in [0.1, 0.15) is 46.0 Å². The van der Waals surface area contributed by atoms with Gasteiger partial charge in [-0.1, -0.05) is 19.8 Å².